The van der Waals surface area contributed by atoms with Crippen molar-refractivity contribution >= 4 is 0 Å². The average molecular weight is 185 g/mol. The summed E-state index contributed by atoms with van der Waals surface area (Å²) in [6, 6.07) is 0.672. The molecule has 2 heteroatoms. The molecule has 2 N–H and O–H groups in total. The molecular formula is C11H23NO. The Bertz CT molecular complexity index is 107. The number of hydrogen-bond acceptors (Lipinski definition) is 2. The van der Waals surface area contributed by atoms with Crippen LogP contribution < -0.4 is 5.32 Å². The zero-order valence-electron chi connectivity index (χ0n) is 8.60. The Morgan fingerprint density at radius 3 is 2.00 bits per heavy atom. The van der Waals surface area contributed by atoms with Crippen molar-refractivity contribution in [2.75, 3.05) is 13.2 Å². The molecule has 13 heavy (non-hydrogen) atoms. The average Bonchev–Trinajstić information content (AvgIpc) is 2.28. The van der Waals surface area contributed by atoms with Crippen LogP contribution in [0.1, 0.15) is 51.4 Å². The molecule has 0 aliphatic heterocycles. The SMILES string of the molecule is OCCNC1CCCCCCCC1. The molecule has 0 heterocycles. The molecule has 0 aromatic rings. The van der Waals surface area contributed by atoms with Crippen molar-refractivity contribution < 1.29 is 5.11 Å². The zero-order chi connectivity index (χ0) is 9.36. The minimum absolute atomic E-state index is 0.274. The summed E-state index contributed by atoms with van der Waals surface area (Å²) in [6.45, 7) is 1.04. The molecule has 0 saturated heterocycles. The second-order valence-electron chi connectivity index (χ2n) is 4.07. The minimum atomic E-state index is 0.274. The van der Waals surface area contributed by atoms with Crippen molar-refractivity contribution in [3.05, 3.63) is 0 Å². The molecule has 0 spiro atoms. The van der Waals surface area contributed by atoms with Crippen molar-refractivity contribution in [3.8, 4) is 0 Å². The molecule has 0 aromatic carbocycles. The molecule has 1 aliphatic rings. The van der Waals surface area contributed by atoms with Gasteiger partial charge in [-0.05, 0) is 12.8 Å². The van der Waals surface area contributed by atoms with Gasteiger partial charge >= 0.3 is 0 Å². The lowest BCUT2D eigenvalue weighted by atomic mass is 10.1. The summed E-state index contributed by atoms with van der Waals surface area (Å²) in [7, 11) is 0. The van der Waals surface area contributed by atoms with Gasteiger partial charge in [-0.3, -0.25) is 0 Å². The van der Waals surface area contributed by atoms with Crippen LogP contribution in [-0.4, -0.2) is 24.3 Å². The first-order valence-corrected chi connectivity index (χ1v) is 5.77. The summed E-state index contributed by atoms with van der Waals surface area (Å²) < 4.78 is 0. The van der Waals surface area contributed by atoms with E-state index in [1.807, 2.05) is 0 Å². The summed E-state index contributed by atoms with van der Waals surface area (Å²) in [4.78, 5) is 0. The van der Waals surface area contributed by atoms with Crippen LogP contribution in [0, 0.1) is 0 Å². The molecule has 1 fully saturated rings. The Labute approximate surface area is 81.7 Å². The molecular weight excluding hydrogens is 162 g/mol. The molecule has 0 atom stereocenters. The van der Waals surface area contributed by atoms with E-state index in [4.69, 9.17) is 5.11 Å². The van der Waals surface area contributed by atoms with Crippen LogP contribution >= 0.6 is 0 Å². The first-order chi connectivity index (χ1) is 6.43. The van der Waals surface area contributed by atoms with Gasteiger partial charge in [0.05, 0.1) is 6.61 Å². The third-order valence-electron chi connectivity index (χ3n) is 2.90. The maximum atomic E-state index is 8.72. The third kappa shape index (κ3) is 5.27. The minimum Gasteiger partial charge on any atom is -0.395 e. The zero-order valence-corrected chi connectivity index (χ0v) is 8.60. The standard InChI is InChI=1S/C11H23NO/c13-10-9-12-11-7-5-3-1-2-4-6-8-11/h11-13H,1-10H2. The first kappa shape index (κ1) is 11.0. The molecule has 78 valence electrons. The Balaban J connectivity index is 2.16. The highest BCUT2D eigenvalue weighted by atomic mass is 16.3. The van der Waals surface area contributed by atoms with Crippen molar-refractivity contribution in [1.29, 1.82) is 0 Å². The Kier molecular flexibility index (Phi) is 6.21. The fraction of sp³-hybridized carbons (Fsp3) is 1.00. The van der Waals surface area contributed by atoms with Crippen molar-refractivity contribution in [1.82, 2.24) is 5.32 Å². The van der Waals surface area contributed by atoms with E-state index < -0.39 is 0 Å². The van der Waals surface area contributed by atoms with Gasteiger partial charge in [-0.2, -0.15) is 0 Å². The second kappa shape index (κ2) is 7.34. The monoisotopic (exact) mass is 185 g/mol. The lowest BCUT2D eigenvalue weighted by Crippen LogP contribution is -2.31. The largest absolute Gasteiger partial charge is 0.395 e. The van der Waals surface area contributed by atoms with Crippen LogP contribution in [0.4, 0.5) is 0 Å². The lowest BCUT2D eigenvalue weighted by molar-refractivity contribution is 0.278. The number of aliphatic hydroxyl groups is 1. The Morgan fingerprint density at radius 2 is 1.46 bits per heavy atom. The molecule has 1 aliphatic carbocycles. The molecule has 0 aromatic heterocycles. The molecule has 0 radical (unpaired) electrons. The van der Waals surface area contributed by atoms with E-state index in [9.17, 15) is 0 Å². The summed E-state index contributed by atoms with van der Waals surface area (Å²) in [5, 5.41) is 12.1. The summed E-state index contributed by atoms with van der Waals surface area (Å²) in [5.74, 6) is 0. The van der Waals surface area contributed by atoms with Gasteiger partial charge in [0.2, 0.25) is 0 Å². The number of nitrogens with one attached hydrogen (secondary N) is 1. The molecule has 0 amide bonds. The highest BCUT2D eigenvalue weighted by Crippen LogP contribution is 2.16. The number of rotatable bonds is 3. The topological polar surface area (TPSA) is 32.3 Å². The Hall–Kier alpha value is -0.0800. The second-order valence-corrected chi connectivity index (χ2v) is 4.07. The van der Waals surface area contributed by atoms with Crippen LogP contribution in [0.25, 0.3) is 0 Å². The van der Waals surface area contributed by atoms with Gasteiger partial charge in [0.15, 0.2) is 0 Å². The van der Waals surface area contributed by atoms with E-state index in [1.165, 1.54) is 51.4 Å². The lowest BCUT2D eigenvalue weighted by Gasteiger charge is -2.16. The van der Waals surface area contributed by atoms with Gasteiger partial charge in [0.1, 0.15) is 0 Å². The molecule has 0 bridgehead atoms. The van der Waals surface area contributed by atoms with E-state index in [-0.39, 0.29) is 6.61 Å². The highest BCUT2D eigenvalue weighted by molar-refractivity contribution is 4.68. The molecule has 2 nitrogen and oxygen atoms in total. The van der Waals surface area contributed by atoms with Crippen LogP contribution in [-0.2, 0) is 0 Å². The maximum absolute atomic E-state index is 8.72. The predicted molar refractivity (Wildman–Crippen MR) is 55.8 cm³/mol. The van der Waals surface area contributed by atoms with E-state index in [0.717, 1.165) is 6.54 Å². The van der Waals surface area contributed by atoms with Crippen molar-refractivity contribution in [3.63, 3.8) is 0 Å². The van der Waals surface area contributed by atoms with Gasteiger partial charge in [0.25, 0.3) is 0 Å². The number of hydrogen-bond donors (Lipinski definition) is 2. The summed E-state index contributed by atoms with van der Waals surface area (Å²) in [5.41, 5.74) is 0. The fourth-order valence-corrected chi connectivity index (χ4v) is 2.11. The van der Waals surface area contributed by atoms with Crippen LogP contribution in [0.3, 0.4) is 0 Å². The van der Waals surface area contributed by atoms with Gasteiger partial charge in [-0.25, -0.2) is 0 Å². The number of aliphatic hydroxyl groups excluding tert-OH is 1. The van der Waals surface area contributed by atoms with Crippen LogP contribution in [0.2, 0.25) is 0 Å². The fourth-order valence-electron chi connectivity index (χ4n) is 2.11. The normalized spacial score (nSPS) is 21.9. The van der Waals surface area contributed by atoms with E-state index in [1.54, 1.807) is 0 Å². The predicted octanol–water partition coefficient (Wildman–Crippen LogP) is 2.07. The smallest absolute Gasteiger partial charge is 0.0556 e. The van der Waals surface area contributed by atoms with E-state index in [2.05, 4.69) is 5.32 Å². The van der Waals surface area contributed by atoms with Gasteiger partial charge in [-0.15, -0.1) is 0 Å². The first-order valence-electron chi connectivity index (χ1n) is 5.77. The molecule has 1 saturated carbocycles. The summed E-state index contributed by atoms with van der Waals surface area (Å²) in [6.07, 6.45) is 11.0. The van der Waals surface area contributed by atoms with Crippen LogP contribution in [0.15, 0.2) is 0 Å². The molecule has 0 unspecified atom stereocenters. The highest BCUT2D eigenvalue weighted by Gasteiger charge is 2.08. The van der Waals surface area contributed by atoms with Gasteiger partial charge in [0, 0.05) is 12.6 Å². The Morgan fingerprint density at radius 1 is 0.923 bits per heavy atom. The van der Waals surface area contributed by atoms with Gasteiger partial charge in [-0.1, -0.05) is 38.5 Å². The van der Waals surface area contributed by atoms with Crippen molar-refractivity contribution in [2.45, 2.75) is 57.4 Å². The summed E-state index contributed by atoms with van der Waals surface area (Å²) >= 11 is 0. The van der Waals surface area contributed by atoms with Crippen molar-refractivity contribution in [2.24, 2.45) is 0 Å². The maximum Gasteiger partial charge on any atom is 0.0556 e. The van der Waals surface area contributed by atoms with E-state index >= 15 is 0 Å². The van der Waals surface area contributed by atoms with Gasteiger partial charge < -0.3 is 10.4 Å². The quantitative estimate of drug-likeness (QED) is 0.705. The van der Waals surface area contributed by atoms with E-state index in [0.29, 0.717) is 6.04 Å². The van der Waals surface area contributed by atoms with Crippen LogP contribution in [0.5, 0.6) is 0 Å². The third-order valence-corrected chi connectivity index (χ3v) is 2.90. The molecule has 1 rings (SSSR count).